The Hall–Kier alpha value is -0.870. The summed E-state index contributed by atoms with van der Waals surface area (Å²) in [6.45, 7) is 4.30. The quantitative estimate of drug-likeness (QED) is 0.331. The van der Waals surface area contributed by atoms with Gasteiger partial charge in [-0.15, -0.1) is 0 Å². The predicted octanol–water partition coefficient (Wildman–Crippen LogP) is 4.69. The Morgan fingerprint density at radius 3 is 2.64 bits per heavy atom. The van der Waals surface area contributed by atoms with Crippen LogP contribution in [-0.2, 0) is 4.79 Å². The molecule has 0 spiro atoms. The highest BCUT2D eigenvalue weighted by molar-refractivity contribution is 5.66. The number of carboxylic acid groups (broad SMARTS) is 1. The summed E-state index contributed by atoms with van der Waals surface area (Å²) in [7, 11) is 0. The molecular weight excluding hydrogens is 316 g/mol. The average molecular weight is 355 g/mol. The fourth-order valence-corrected chi connectivity index (χ4v) is 3.80. The number of hydrogen-bond acceptors (Lipinski definition) is 3. The van der Waals surface area contributed by atoms with Gasteiger partial charge in [0.1, 0.15) is 0 Å². The zero-order chi connectivity index (χ0) is 18.7. The van der Waals surface area contributed by atoms with E-state index < -0.39 is 5.97 Å². The average Bonchev–Trinajstić information content (AvgIpc) is 2.93. The Morgan fingerprint density at radius 1 is 1.24 bits per heavy atom. The third-order valence-electron chi connectivity index (χ3n) is 5.62. The molecular formula is C21H38O4. The molecule has 0 radical (unpaired) electrons. The van der Waals surface area contributed by atoms with Gasteiger partial charge in [-0.1, -0.05) is 57.6 Å². The van der Waals surface area contributed by atoms with Gasteiger partial charge in [0.05, 0.1) is 12.2 Å². The topological polar surface area (TPSA) is 77.8 Å². The Kier molecular flexibility index (Phi) is 11.1. The molecule has 0 aromatic rings. The van der Waals surface area contributed by atoms with Crippen molar-refractivity contribution in [2.75, 3.05) is 0 Å². The largest absolute Gasteiger partial charge is 0.481 e. The minimum atomic E-state index is -0.719. The van der Waals surface area contributed by atoms with Crippen LogP contribution in [0.3, 0.4) is 0 Å². The van der Waals surface area contributed by atoms with Gasteiger partial charge in [-0.3, -0.25) is 4.79 Å². The fourth-order valence-electron chi connectivity index (χ4n) is 3.80. The van der Waals surface area contributed by atoms with E-state index in [9.17, 15) is 15.0 Å². The molecule has 4 nitrogen and oxygen atoms in total. The van der Waals surface area contributed by atoms with E-state index in [1.165, 1.54) is 12.0 Å². The van der Waals surface area contributed by atoms with Crippen LogP contribution in [0, 0.1) is 11.8 Å². The van der Waals surface area contributed by atoms with Crippen molar-refractivity contribution in [3.05, 3.63) is 11.6 Å². The van der Waals surface area contributed by atoms with Crippen molar-refractivity contribution in [3.63, 3.8) is 0 Å². The van der Waals surface area contributed by atoms with Crippen LogP contribution in [0.2, 0.25) is 0 Å². The van der Waals surface area contributed by atoms with E-state index >= 15 is 0 Å². The van der Waals surface area contributed by atoms with Crippen LogP contribution in [0.1, 0.15) is 90.9 Å². The minimum absolute atomic E-state index is 0.234. The number of aliphatic hydroxyl groups is 2. The van der Waals surface area contributed by atoms with Gasteiger partial charge >= 0.3 is 5.97 Å². The van der Waals surface area contributed by atoms with Crippen LogP contribution in [0.4, 0.5) is 0 Å². The predicted molar refractivity (Wildman–Crippen MR) is 101 cm³/mol. The summed E-state index contributed by atoms with van der Waals surface area (Å²) in [5.41, 5.74) is 1.32. The lowest BCUT2D eigenvalue weighted by Crippen LogP contribution is -2.18. The highest BCUT2D eigenvalue weighted by atomic mass is 16.4. The highest BCUT2D eigenvalue weighted by Crippen LogP contribution is 2.36. The van der Waals surface area contributed by atoms with Gasteiger partial charge in [-0.25, -0.2) is 0 Å². The molecule has 1 aliphatic carbocycles. The molecule has 3 N–H and O–H groups in total. The van der Waals surface area contributed by atoms with E-state index in [1.54, 1.807) is 0 Å². The van der Waals surface area contributed by atoms with Crippen molar-refractivity contribution >= 4 is 5.97 Å². The maximum Gasteiger partial charge on any atom is 0.303 e. The molecule has 1 fully saturated rings. The smallest absolute Gasteiger partial charge is 0.303 e. The number of carbonyl (C=O) groups is 1. The Morgan fingerprint density at radius 2 is 1.96 bits per heavy atom. The van der Waals surface area contributed by atoms with Crippen molar-refractivity contribution in [2.24, 2.45) is 11.8 Å². The summed E-state index contributed by atoms with van der Waals surface area (Å²) in [4.78, 5) is 10.5. The summed E-state index contributed by atoms with van der Waals surface area (Å²) < 4.78 is 0. The van der Waals surface area contributed by atoms with E-state index in [0.717, 1.165) is 57.8 Å². The van der Waals surface area contributed by atoms with Crippen molar-refractivity contribution in [2.45, 2.75) is 103 Å². The molecule has 4 atom stereocenters. The van der Waals surface area contributed by atoms with Gasteiger partial charge in [0.15, 0.2) is 0 Å². The molecule has 0 amide bonds. The first-order chi connectivity index (χ1) is 12.0. The number of hydrogen-bond donors (Lipinski definition) is 3. The van der Waals surface area contributed by atoms with Crippen LogP contribution < -0.4 is 0 Å². The first-order valence-electron chi connectivity index (χ1n) is 10.2. The molecule has 0 aromatic heterocycles. The van der Waals surface area contributed by atoms with Crippen molar-refractivity contribution in [1.82, 2.24) is 0 Å². The second-order valence-corrected chi connectivity index (χ2v) is 7.76. The lowest BCUT2D eigenvalue weighted by atomic mass is 9.91. The molecule has 0 aliphatic heterocycles. The third kappa shape index (κ3) is 8.87. The van der Waals surface area contributed by atoms with Crippen LogP contribution in [0.5, 0.6) is 0 Å². The molecule has 25 heavy (non-hydrogen) atoms. The second-order valence-electron chi connectivity index (χ2n) is 7.76. The Labute approximate surface area is 153 Å². The van der Waals surface area contributed by atoms with Gasteiger partial charge in [0.25, 0.3) is 0 Å². The molecule has 0 saturated heterocycles. The van der Waals surface area contributed by atoms with Crippen molar-refractivity contribution < 1.29 is 20.1 Å². The minimum Gasteiger partial charge on any atom is -0.481 e. The van der Waals surface area contributed by atoms with Gasteiger partial charge in [0.2, 0.25) is 0 Å². The summed E-state index contributed by atoms with van der Waals surface area (Å²) in [5.74, 6) is -0.156. The second kappa shape index (κ2) is 12.5. The van der Waals surface area contributed by atoms with E-state index in [1.807, 2.05) is 0 Å². The molecule has 0 aromatic carbocycles. The number of carboxylic acids is 1. The highest BCUT2D eigenvalue weighted by Gasteiger charge is 2.29. The van der Waals surface area contributed by atoms with Gasteiger partial charge in [-0.05, 0) is 44.4 Å². The SMILES string of the molecule is CCCCC(C)C(O)CC=C1CC[C@@H](O)[C@@H]1CCCCCCC(=O)O. The Balaban J connectivity index is 2.35. The summed E-state index contributed by atoms with van der Waals surface area (Å²) in [6, 6.07) is 0. The summed E-state index contributed by atoms with van der Waals surface area (Å²) in [6.07, 6.45) is 12.5. The zero-order valence-electron chi connectivity index (χ0n) is 16.1. The molecule has 0 bridgehead atoms. The number of rotatable bonds is 13. The fraction of sp³-hybridized carbons (Fsp3) is 0.857. The molecule has 1 rings (SSSR count). The van der Waals surface area contributed by atoms with Gasteiger partial charge in [0, 0.05) is 12.3 Å². The number of unbranched alkanes of at least 4 members (excludes halogenated alkanes) is 4. The standard InChI is InChI=1S/C21H38O4/c1-3-4-9-16(2)19(22)14-12-17-13-15-20(23)18(17)10-7-5-6-8-11-21(24)25/h12,16,18-20,22-23H,3-11,13-15H2,1-2H3,(H,24,25)/t16?,18-,19?,20-/m1/s1. The van der Waals surface area contributed by atoms with Crippen molar-refractivity contribution in [3.8, 4) is 0 Å². The Bertz CT molecular complexity index is 405. The van der Waals surface area contributed by atoms with Gasteiger partial charge in [-0.2, -0.15) is 0 Å². The third-order valence-corrected chi connectivity index (χ3v) is 5.62. The lowest BCUT2D eigenvalue weighted by molar-refractivity contribution is -0.137. The van der Waals surface area contributed by atoms with Crippen LogP contribution in [-0.4, -0.2) is 33.5 Å². The molecule has 1 saturated carbocycles. The first kappa shape index (κ1) is 22.2. The molecule has 4 heteroatoms. The normalized spacial score (nSPS) is 24.6. The lowest BCUT2D eigenvalue weighted by Gasteiger charge is -2.19. The van der Waals surface area contributed by atoms with E-state index in [-0.39, 0.29) is 24.5 Å². The van der Waals surface area contributed by atoms with Crippen LogP contribution in [0.15, 0.2) is 11.6 Å². The van der Waals surface area contributed by atoms with E-state index in [4.69, 9.17) is 5.11 Å². The molecule has 0 heterocycles. The zero-order valence-corrected chi connectivity index (χ0v) is 16.1. The van der Waals surface area contributed by atoms with Crippen LogP contribution >= 0.6 is 0 Å². The first-order valence-corrected chi connectivity index (χ1v) is 10.2. The summed E-state index contributed by atoms with van der Waals surface area (Å²) >= 11 is 0. The summed E-state index contributed by atoms with van der Waals surface area (Å²) in [5, 5.41) is 29.2. The van der Waals surface area contributed by atoms with Crippen molar-refractivity contribution in [1.29, 1.82) is 0 Å². The van der Waals surface area contributed by atoms with E-state index in [0.29, 0.717) is 12.3 Å². The molecule has 1 aliphatic rings. The number of aliphatic carboxylic acids is 1. The van der Waals surface area contributed by atoms with Gasteiger partial charge < -0.3 is 15.3 Å². The molecule has 146 valence electrons. The molecule has 2 unspecified atom stereocenters. The van der Waals surface area contributed by atoms with Crippen LogP contribution in [0.25, 0.3) is 0 Å². The maximum absolute atomic E-state index is 10.5. The maximum atomic E-state index is 10.5. The monoisotopic (exact) mass is 354 g/mol. The number of aliphatic hydroxyl groups excluding tert-OH is 2. The van der Waals surface area contributed by atoms with E-state index in [2.05, 4.69) is 19.9 Å².